The third kappa shape index (κ3) is 4.83. The number of aryl methyl sites for hydroxylation is 1. The standard InChI is InChI=1S/C21H25N3O2S2/c1-4-15-7-5-6-8-16(15)22-18(25)13-28-21-23-17-10-12-27-19(17)20(26)24(21)11-9-14(2)3/h5-8,10,12,14H,4,9,11,13H2,1-3H3,(H,22,25). The molecule has 28 heavy (non-hydrogen) atoms. The maximum Gasteiger partial charge on any atom is 0.272 e. The van der Waals surface area contributed by atoms with E-state index in [0.717, 1.165) is 24.1 Å². The number of hydrogen-bond donors (Lipinski definition) is 1. The predicted octanol–water partition coefficient (Wildman–Crippen LogP) is 4.80. The largest absolute Gasteiger partial charge is 0.325 e. The second-order valence-corrected chi connectivity index (χ2v) is 8.87. The summed E-state index contributed by atoms with van der Waals surface area (Å²) in [7, 11) is 0. The van der Waals surface area contributed by atoms with Crippen LogP contribution in [0.3, 0.4) is 0 Å². The average molecular weight is 416 g/mol. The van der Waals surface area contributed by atoms with Gasteiger partial charge < -0.3 is 5.32 Å². The Hall–Kier alpha value is -2.12. The molecular weight excluding hydrogens is 390 g/mol. The number of anilines is 1. The molecule has 3 aromatic rings. The molecule has 1 aromatic carbocycles. The van der Waals surface area contributed by atoms with Gasteiger partial charge in [-0.3, -0.25) is 14.2 Å². The third-order valence-electron chi connectivity index (χ3n) is 4.47. The molecule has 148 valence electrons. The van der Waals surface area contributed by atoms with Gasteiger partial charge in [-0.1, -0.05) is 50.7 Å². The fraction of sp³-hybridized carbons (Fsp3) is 0.381. The van der Waals surface area contributed by atoms with Gasteiger partial charge in [-0.05, 0) is 41.8 Å². The Kier molecular flexibility index (Phi) is 6.91. The van der Waals surface area contributed by atoms with Crippen molar-refractivity contribution in [3.63, 3.8) is 0 Å². The van der Waals surface area contributed by atoms with E-state index in [9.17, 15) is 9.59 Å². The summed E-state index contributed by atoms with van der Waals surface area (Å²) in [6, 6.07) is 9.66. The van der Waals surface area contributed by atoms with Crippen molar-refractivity contribution < 1.29 is 4.79 Å². The summed E-state index contributed by atoms with van der Waals surface area (Å²) in [4.78, 5) is 30.0. The van der Waals surface area contributed by atoms with Gasteiger partial charge in [-0.25, -0.2) is 4.98 Å². The van der Waals surface area contributed by atoms with Crippen molar-refractivity contribution >= 4 is 44.9 Å². The number of hydrogen-bond acceptors (Lipinski definition) is 5. The summed E-state index contributed by atoms with van der Waals surface area (Å²) in [5.74, 6) is 0.598. The van der Waals surface area contributed by atoms with Gasteiger partial charge in [0.25, 0.3) is 5.56 Å². The highest BCUT2D eigenvalue weighted by atomic mass is 32.2. The fourth-order valence-corrected chi connectivity index (χ4v) is 4.49. The van der Waals surface area contributed by atoms with Gasteiger partial charge in [0.2, 0.25) is 5.91 Å². The van der Waals surface area contributed by atoms with Crippen molar-refractivity contribution in [3.8, 4) is 0 Å². The zero-order valence-corrected chi connectivity index (χ0v) is 18.0. The zero-order chi connectivity index (χ0) is 20.1. The number of amides is 1. The zero-order valence-electron chi connectivity index (χ0n) is 16.4. The summed E-state index contributed by atoms with van der Waals surface area (Å²) in [6.45, 7) is 6.94. The molecule has 2 heterocycles. The molecule has 3 rings (SSSR count). The molecule has 0 fully saturated rings. The number of rotatable bonds is 8. The SMILES string of the molecule is CCc1ccccc1NC(=O)CSc1nc2ccsc2c(=O)n1CCC(C)C. The molecule has 0 radical (unpaired) electrons. The third-order valence-corrected chi connectivity index (χ3v) is 6.33. The molecule has 0 aliphatic rings. The lowest BCUT2D eigenvalue weighted by Gasteiger charge is -2.13. The molecule has 0 atom stereocenters. The van der Waals surface area contributed by atoms with E-state index in [-0.39, 0.29) is 17.2 Å². The van der Waals surface area contributed by atoms with Crippen molar-refractivity contribution in [1.29, 1.82) is 0 Å². The van der Waals surface area contributed by atoms with Gasteiger partial charge in [-0.15, -0.1) is 11.3 Å². The number of carbonyl (C=O) groups excluding carboxylic acids is 1. The molecule has 0 saturated carbocycles. The number of para-hydroxylation sites is 1. The number of thioether (sulfide) groups is 1. The van der Waals surface area contributed by atoms with Gasteiger partial charge >= 0.3 is 0 Å². The fourth-order valence-electron chi connectivity index (χ4n) is 2.89. The number of thiophene rings is 1. The van der Waals surface area contributed by atoms with Crippen LogP contribution in [0.2, 0.25) is 0 Å². The minimum Gasteiger partial charge on any atom is -0.325 e. The Balaban J connectivity index is 1.78. The molecule has 1 N–H and O–H groups in total. The molecule has 0 bridgehead atoms. The van der Waals surface area contributed by atoms with E-state index in [4.69, 9.17) is 0 Å². The van der Waals surface area contributed by atoms with Gasteiger partial charge in [0.05, 0.1) is 11.3 Å². The van der Waals surface area contributed by atoms with Crippen LogP contribution < -0.4 is 10.9 Å². The number of nitrogens with zero attached hydrogens (tertiary/aromatic N) is 2. The second-order valence-electron chi connectivity index (χ2n) is 7.02. The van der Waals surface area contributed by atoms with E-state index in [2.05, 4.69) is 31.1 Å². The van der Waals surface area contributed by atoms with E-state index < -0.39 is 0 Å². The summed E-state index contributed by atoms with van der Waals surface area (Å²) >= 11 is 2.73. The van der Waals surface area contributed by atoms with Crippen LogP contribution in [0, 0.1) is 5.92 Å². The minimum atomic E-state index is -0.0963. The van der Waals surface area contributed by atoms with Crippen LogP contribution in [0.4, 0.5) is 5.69 Å². The Morgan fingerprint density at radius 2 is 2.07 bits per heavy atom. The lowest BCUT2D eigenvalue weighted by molar-refractivity contribution is -0.113. The maximum absolute atomic E-state index is 12.9. The topological polar surface area (TPSA) is 64.0 Å². The first-order chi connectivity index (χ1) is 13.5. The first-order valence-corrected chi connectivity index (χ1v) is 11.3. The second kappa shape index (κ2) is 9.39. The number of carbonyl (C=O) groups is 1. The van der Waals surface area contributed by atoms with Crippen LogP contribution in [0.25, 0.3) is 10.2 Å². The predicted molar refractivity (Wildman–Crippen MR) is 119 cm³/mol. The molecule has 0 aliphatic heterocycles. The summed E-state index contributed by atoms with van der Waals surface area (Å²) in [6.07, 6.45) is 1.75. The summed E-state index contributed by atoms with van der Waals surface area (Å²) in [5, 5.41) is 5.47. The lowest BCUT2D eigenvalue weighted by Crippen LogP contribution is -2.24. The molecule has 0 aliphatic carbocycles. The Bertz CT molecular complexity index is 1020. The number of nitrogens with one attached hydrogen (secondary N) is 1. The quantitative estimate of drug-likeness (QED) is 0.424. The highest BCUT2D eigenvalue weighted by Crippen LogP contribution is 2.22. The van der Waals surface area contributed by atoms with Gasteiger partial charge in [-0.2, -0.15) is 0 Å². The monoisotopic (exact) mass is 415 g/mol. The van der Waals surface area contributed by atoms with Crippen molar-refractivity contribution in [3.05, 3.63) is 51.6 Å². The summed E-state index contributed by atoms with van der Waals surface area (Å²) < 4.78 is 2.39. The molecular formula is C21H25N3O2S2. The highest BCUT2D eigenvalue weighted by molar-refractivity contribution is 7.99. The first-order valence-electron chi connectivity index (χ1n) is 9.48. The minimum absolute atomic E-state index is 0.0140. The number of aromatic nitrogens is 2. The van der Waals surface area contributed by atoms with E-state index in [1.54, 1.807) is 4.57 Å². The molecule has 0 unspecified atom stereocenters. The summed E-state index contributed by atoms with van der Waals surface area (Å²) in [5.41, 5.74) is 2.64. The van der Waals surface area contributed by atoms with E-state index in [0.29, 0.717) is 27.8 Å². The molecule has 0 spiro atoms. The molecule has 5 nitrogen and oxygen atoms in total. The molecule has 2 aromatic heterocycles. The van der Waals surface area contributed by atoms with Crippen LogP contribution >= 0.6 is 23.1 Å². The Labute approximate surface area is 173 Å². The first kappa shape index (κ1) is 20.6. The Morgan fingerprint density at radius 1 is 1.29 bits per heavy atom. The van der Waals surface area contributed by atoms with Gasteiger partial charge in [0.1, 0.15) is 4.70 Å². The van der Waals surface area contributed by atoms with E-state index >= 15 is 0 Å². The molecule has 1 amide bonds. The maximum atomic E-state index is 12.9. The van der Waals surface area contributed by atoms with Crippen molar-refractivity contribution in [2.75, 3.05) is 11.1 Å². The van der Waals surface area contributed by atoms with Crippen LogP contribution in [-0.2, 0) is 17.8 Å². The van der Waals surface area contributed by atoms with Crippen LogP contribution in [0.1, 0.15) is 32.8 Å². The van der Waals surface area contributed by atoms with Gasteiger partial charge in [0, 0.05) is 12.2 Å². The smallest absolute Gasteiger partial charge is 0.272 e. The van der Waals surface area contributed by atoms with Crippen LogP contribution in [0.5, 0.6) is 0 Å². The van der Waals surface area contributed by atoms with Crippen molar-refractivity contribution in [2.45, 2.75) is 45.3 Å². The number of fused-ring (bicyclic) bond motifs is 1. The molecule has 0 saturated heterocycles. The molecule has 7 heteroatoms. The van der Waals surface area contributed by atoms with Gasteiger partial charge in [0.15, 0.2) is 5.16 Å². The Morgan fingerprint density at radius 3 is 2.82 bits per heavy atom. The average Bonchev–Trinajstić information content (AvgIpc) is 3.15. The lowest BCUT2D eigenvalue weighted by atomic mass is 10.1. The van der Waals surface area contributed by atoms with Crippen molar-refractivity contribution in [2.24, 2.45) is 5.92 Å². The van der Waals surface area contributed by atoms with E-state index in [1.165, 1.54) is 23.1 Å². The van der Waals surface area contributed by atoms with Crippen molar-refractivity contribution in [1.82, 2.24) is 9.55 Å². The highest BCUT2D eigenvalue weighted by Gasteiger charge is 2.15. The van der Waals surface area contributed by atoms with E-state index in [1.807, 2.05) is 35.7 Å². The normalized spacial score (nSPS) is 11.3. The van der Waals surface area contributed by atoms with Crippen LogP contribution in [0.15, 0.2) is 45.7 Å². The van der Waals surface area contributed by atoms with Crippen LogP contribution in [-0.4, -0.2) is 21.2 Å². The number of benzene rings is 1.